The molecule has 1 aliphatic rings. The molecule has 4 nitrogen and oxygen atoms in total. The minimum atomic E-state index is -0.1000. The summed E-state index contributed by atoms with van der Waals surface area (Å²) in [6, 6.07) is 11.7. The summed E-state index contributed by atoms with van der Waals surface area (Å²) >= 11 is 0. The van der Waals surface area contributed by atoms with Crippen molar-refractivity contribution in [2.45, 2.75) is 32.6 Å². The highest BCUT2D eigenvalue weighted by molar-refractivity contribution is 6.07. The van der Waals surface area contributed by atoms with Gasteiger partial charge in [-0.2, -0.15) is 0 Å². The molecule has 2 aromatic rings. The lowest BCUT2D eigenvalue weighted by Gasteiger charge is -2.39. The molecule has 0 fully saturated rings. The van der Waals surface area contributed by atoms with E-state index in [-0.39, 0.29) is 11.3 Å². The first kappa shape index (κ1) is 15.5. The molecule has 0 saturated heterocycles. The van der Waals surface area contributed by atoms with Crippen LogP contribution in [0.3, 0.4) is 0 Å². The summed E-state index contributed by atoms with van der Waals surface area (Å²) < 4.78 is 5.57. The van der Waals surface area contributed by atoms with Gasteiger partial charge in [-0.3, -0.25) is 4.79 Å². The number of anilines is 1. The lowest BCUT2D eigenvalue weighted by atomic mass is 9.77. The van der Waals surface area contributed by atoms with E-state index in [0.717, 1.165) is 12.1 Å². The van der Waals surface area contributed by atoms with Gasteiger partial charge in [0, 0.05) is 18.4 Å². The Hall–Kier alpha value is -2.36. The van der Waals surface area contributed by atoms with Crippen LogP contribution in [0.4, 0.5) is 5.69 Å². The molecule has 0 spiro atoms. The van der Waals surface area contributed by atoms with Crippen LogP contribution in [0.5, 0.6) is 5.75 Å². The molecule has 0 radical (unpaired) electrons. The van der Waals surface area contributed by atoms with Crippen molar-refractivity contribution in [3.8, 4) is 5.75 Å². The predicted octanol–water partition coefficient (Wildman–Crippen LogP) is 3.81. The maximum Gasteiger partial charge on any atom is 0.280 e. The smallest absolute Gasteiger partial charge is 0.280 e. The number of carbonyl (C=O) groups excluding carboxylic acids is 1. The Morgan fingerprint density at radius 3 is 2.83 bits per heavy atom. The molecule has 23 heavy (non-hydrogen) atoms. The molecular weight excluding hydrogens is 288 g/mol. The van der Waals surface area contributed by atoms with E-state index in [1.54, 1.807) is 18.3 Å². The summed E-state index contributed by atoms with van der Waals surface area (Å²) in [6.07, 6.45) is 2.56. The molecule has 3 rings (SSSR count). The quantitative estimate of drug-likeness (QED) is 0.866. The first-order valence-electron chi connectivity index (χ1n) is 8.04. The Kier molecular flexibility index (Phi) is 4.07. The van der Waals surface area contributed by atoms with Gasteiger partial charge in [-0.15, -0.1) is 0 Å². The average molecular weight is 310 g/mol. The molecule has 0 saturated carbocycles. The van der Waals surface area contributed by atoms with Crippen LogP contribution >= 0.6 is 0 Å². The van der Waals surface area contributed by atoms with Crippen molar-refractivity contribution in [1.82, 2.24) is 4.98 Å². The monoisotopic (exact) mass is 310 g/mol. The number of benzene rings is 1. The van der Waals surface area contributed by atoms with Crippen LogP contribution in [0, 0.1) is 0 Å². The molecule has 0 aliphatic carbocycles. The lowest BCUT2D eigenvalue weighted by Crippen LogP contribution is -2.41. The van der Waals surface area contributed by atoms with Crippen LogP contribution in [0.2, 0.25) is 0 Å². The summed E-state index contributed by atoms with van der Waals surface area (Å²) in [6.45, 7) is 7.54. The average Bonchev–Trinajstić information content (AvgIpc) is 2.55. The molecule has 1 amide bonds. The number of para-hydroxylation sites is 1. The molecule has 0 bridgehead atoms. The van der Waals surface area contributed by atoms with E-state index >= 15 is 0 Å². The third-order valence-corrected chi connectivity index (χ3v) is 4.40. The highest BCUT2D eigenvalue weighted by Gasteiger charge is 2.34. The number of fused-ring (bicyclic) bond motifs is 1. The van der Waals surface area contributed by atoms with Crippen molar-refractivity contribution in [1.29, 1.82) is 0 Å². The minimum absolute atomic E-state index is 0.0697. The molecular formula is C19H22N2O2. The number of rotatable bonds is 3. The summed E-state index contributed by atoms with van der Waals surface area (Å²) in [5.41, 5.74) is 2.62. The topological polar surface area (TPSA) is 42.4 Å². The van der Waals surface area contributed by atoms with Crippen LogP contribution in [-0.2, 0) is 5.41 Å². The van der Waals surface area contributed by atoms with E-state index in [0.29, 0.717) is 24.6 Å². The van der Waals surface area contributed by atoms with Gasteiger partial charge in [0.2, 0.25) is 0 Å². The van der Waals surface area contributed by atoms with Crippen molar-refractivity contribution in [3.63, 3.8) is 0 Å². The third-order valence-electron chi connectivity index (χ3n) is 4.40. The van der Waals surface area contributed by atoms with Crippen molar-refractivity contribution in [2.24, 2.45) is 0 Å². The number of ether oxygens (including phenoxy) is 1. The molecule has 0 N–H and O–H groups in total. The zero-order valence-corrected chi connectivity index (χ0v) is 13.9. The number of carbonyl (C=O) groups is 1. The molecule has 1 aromatic carbocycles. The summed E-state index contributed by atoms with van der Waals surface area (Å²) in [4.78, 5) is 19.1. The second-order valence-electron chi connectivity index (χ2n) is 6.39. The molecule has 4 heteroatoms. The second kappa shape index (κ2) is 6.03. The van der Waals surface area contributed by atoms with E-state index in [9.17, 15) is 4.79 Å². The van der Waals surface area contributed by atoms with E-state index in [1.807, 2.05) is 30.0 Å². The maximum absolute atomic E-state index is 13.1. The molecule has 120 valence electrons. The van der Waals surface area contributed by atoms with Gasteiger partial charge in [-0.1, -0.05) is 32.0 Å². The van der Waals surface area contributed by atoms with Crippen LogP contribution in [0.1, 0.15) is 43.2 Å². The highest BCUT2D eigenvalue weighted by atomic mass is 16.5. The minimum Gasteiger partial charge on any atom is -0.491 e. The van der Waals surface area contributed by atoms with E-state index < -0.39 is 0 Å². The molecule has 0 unspecified atom stereocenters. The Morgan fingerprint density at radius 1 is 1.26 bits per heavy atom. The van der Waals surface area contributed by atoms with Crippen LogP contribution < -0.4 is 9.64 Å². The van der Waals surface area contributed by atoms with Crippen LogP contribution in [-0.4, -0.2) is 24.0 Å². The fraction of sp³-hybridized carbons (Fsp3) is 0.368. The zero-order valence-electron chi connectivity index (χ0n) is 13.9. The maximum atomic E-state index is 13.1. The molecule has 0 atom stereocenters. The second-order valence-corrected chi connectivity index (χ2v) is 6.39. The number of nitrogens with zero attached hydrogens (tertiary/aromatic N) is 2. The summed E-state index contributed by atoms with van der Waals surface area (Å²) in [5.74, 6) is 0.444. The van der Waals surface area contributed by atoms with Gasteiger partial charge in [0.05, 0.1) is 6.61 Å². The van der Waals surface area contributed by atoms with Gasteiger partial charge >= 0.3 is 0 Å². The first-order valence-corrected chi connectivity index (χ1v) is 8.04. The first-order chi connectivity index (χ1) is 11.0. The largest absolute Gasteiger partial charge is 0.491 e. The zero-order chi connectivity index (χ0) is 16.4. The Morgan fingerprint density at radius 2 is 2.04 bits per heavy atom. The van der Waals surface area contributed by atoms with Crippen LogP contribution in [0.15, 0.2) is 42.6 Å². The Balaban J connectivity index is 2.01. The van der Waals surface area contributed by atoms with Gasteiger partial charge < -0.3 is 9.64 Å². The standard InChI is InChI=1S/C19H22N2O2/c1-4-23-16-10-7-12-20-17(16)18(22)21-13-11-19(2,3)14-8-5-6-9-15(14)21/h5-10,12H,4,11,13H2,1-3H3. The number of aromatic nitrogens is 1. The highest BCUT2D eigenvalue weighted by Crippen LogP contribution is 2.40. The Bertz CT molecular complexity index is 725. The van der Waals surface area contributed by atoms with Crippen molar-refractivity contribution < 1.29 is 9.53 Å². The van der Waals surface area contributed by atoms with Gasteiger partial charge in [0.15, 0.2) is 11.4 Å². The Labute approximate surface area is 137 Å². The number of pyridine rings is 1. The predicted molar refractivity (Wildman–Crippen MR) is 91.2 cm³/mol. The van der Waals surface area contributed by atoms with Crippen molar-refractivity contribution >= 4 is 11.6 Å². The number of hydrogen-bond acceptors (Lipinski definition) is 3. The van der Waals surface area contributed by atoms with Gasteiger partial charge in [-0.05, 0) is 42.5 Å². The fourth-order valence-corrected chi connectivity index (χ4v) is 3.09. The van der Waals surface area contributed by atoms with E-state index in [4.69, 9.17) is 4.74 Å². The molecule has 1 aliphatic heterocycles. The summed E-state index contributed by atoms with van der Waals surface area (Å²) in [5, 5.41) is 0. The van der Waals surface area contributed by atoms with Crippen molar-refractivity contribution in [2.75, 3.05) is 18.1 Å². The normalized spacial score (nSPS) is 15.9. The number of amides is 1. The van der Waals surface area contributed by atoms with E-state index in [2.05, 4.69) is 24.9 Å². The van der Waals surface area contributed by atoms with Crippen LogP contribution in [0.25, 0.3) is 0 Å². The van der Waals surface area contributed by atoms with Crippen molar-refractivity contribution in [3.05, 3.63) is 53.9 Å². The third kappa shape index (κ3) is 2.81. The SMILES string of the molecule is CCOc1cccnc1C(=O)N1CCC(C)(C)c2ccccc21. The number of hydrogen-bond donors (Lipinski definition) is 0. The fourth-order valence-electron chi connectivity index (χ4n) is 3.09. The van der Waals surface area contributed by atoms with Gasteiger partial charge in [0.1, 0.15) is 0 Å². The van der Waals surface area contributed by atoms with Gasteiger partial charge in [0.25, 0.3) is 5.91 Å². The molecule has 2 heterocycles. The molecule has 1 aromatic heterocycles. The lowest BCUT2D eigenvalue weighted by molar-refractivity contribution is 0.0973. The summed E-state index contributed by atoms with van der Waals surface area (Å²) in [7, 11) is 0. The van der Waals surface area contributed by atoms with E-state index in [1.165, 1.54) is 5.56 Å². The van der Waals surface area contributed by atoms with Gasteiger partial charge in [-0.25, -0.2) is 4.98 Å².